The zero-order valence-electron chi connectivity index (χ0n) is 15.5. The number of piperidine rings is 1. The summed E-state index contributed by atoms with van der Waals surface area (Å²) in [6.45, 7) is 6.60. The second-order valence-electron chi connectivity index (χ2n) is 7.44. The number of amides is 2. The standard InChI is InChI=1S/C17H27N3O4S2/c1-17(2,3)19-15(22)12-18-14(21)11-13-7-8-16(25-13)26(23,24)20-9-5-4-6-10-20/h7-8H,4-6,9-12H2,1-3H3,(H,18,21)(H,19,22). The van der Waals surface area contributed by atoms with Crippen LogP contribution >= 0.6 is 11.3 Å². The lowest BCUT2D eigenvalue weighted by Gasteiger charge is -2.25. The van der Waals surface area contributed by atoms with Crippen LogP contribution in [0.25, 0.3) is 0 Å². The molecule has 2 heterocycles. The maximum absolute atomic E-state index is 12.6. The second-order valence-corrected chi connectivity index (χ2v) is 10.8. The lowest BCUT2D eigenvalue weighted by molar-refractivity contribution is -0.126. The van der Waals surface area contributed by atoms with E-state index in [-0.39, 0.29) is 34.5 Å². The predicted molar refractivity (Wildman–Crippen MR) is 102 cm³/mol. The van der Waals surface area contributed by atoms with Crippen LogP contribution in [-0.4, -0.2) is 49.7 Å². The van der Waals surface area contributed by atoms with Gasteiger partial charge in [0.15, 0.2) is 0 Å². The van der Waals surface area contributed by atoms with Gasteiger partial charge in [-0.3, -0.25) is 9.59 Å². The summed E-state index contributed by atoms with van der Waals surface area (Å²) in [6, 6.07) is 3.22. The van der Waals surface area contributed by atoms with Crippen LogP contribution in [0.5, 0.6) is 0 Å². The largest absolute Gasteiger partial charge is 0.350 e. The average Bonchev–Trinajstić information content (AvgIpc) is 3.01. The summed E-state index contributed by atoms with van der Waals surface area (Å²) >= 11 is 1.12. The van der Waals surface area contributed by atoms with E-state index >= 15 is 0 Å². The lowest BCUT2D eigenvalue weighted by atomic mass is 10.1. The first-order chi connectivity index (χ1) is 12.1. The highest BCUT2D eigenvalue weighted by Gasteiger charge is 2.27. The van der Waals surface area contributed by atoms with Crippen LogP contribution in [0.15, 0.2) is 16.3 Å². The van der Waals surface area contributed by atoms with Crippen LogP contribution in [0.3, 0.4) is 0 Å². The third-order valence-electron chi connectivity index (χ3n) is 3.84. The van der Waals surface area contributed by atoms with Gasteiger partial charge in [-0.1, -0.05) is 6.42 Å². The summed E-state index contributed by atoms with van der Waals surface area (Å²) in [5, 5.41) is 5.32. The zero-order chi connectivity index (χ0) is 19.4. The highest BCUT2D eigenvalue weighted by molar-refractivity contribution is 7.91. The Bertz CT molecular complexity index is 744. The SMILES string of the molecule is CC(C)(C)NC(=O)CNC(=O)Cc1ccc(S(=O)(=O)N2CCCCC2)s1. The monoisotopic (exact) mass is 401 g/mol. The molecule has 1 fully saturated rings. The molecule has 7 nitrogen and oxygen atoms in total. The summed E-state index contributed by atoms with van der Waals surface area (Å²) < 4.78 is 27.0. The van der Waals surface area contributed by atoms with Gasteiger partial charge in [-0.05, 0) is 45.7 Å². The molecule has 0 aromatic carbocycles. The van der Waals surface area contributed by atoms with Gasteiger partial charge in [-0.25, -0.2) is 8.42 Å². The van der Waals surface area contributed by atoms with Gasteiger partial charge in [0.1, 0.15) is 4.21 Å². The molecular weight excluding hydrogens is 374 g/mol. The number of rotatable bonds is 6. The average molecular weight is 402 g/mol. The minimum atomic E-state index is -3.47. The van der Waals surface area contributed by atoms with Crippen molar-refractivity contribution in [2.75, 3.05) is 19.6 Å². The first-order valence-corrected chi connectivity index (χ1v) is 11.0. The van der Waals surface area contributed by atoms with E-state index in [9.17, 15) is 18.0 Å². The van der Waals surface area contributed by atoms with Crippen LogP contribution in [0.1, 0.15) is 44.9 Å². The molecule has 2 N–H and O–H groups in total. The van der Waals surface area contributed by atoms with Crippen molar-refractivity contribution in [2.24, 2.45) is 0 Å². The molecule has 26 heavy (non-hydrogen) atoms. The highest BCUT2D eigenvalue weighted by atomic mass is 32.2. The minimum absolute atomic E-state index is 0.0585. The van der Waals surface area contributed by atoms with Gasteiger partial charge in [-0.2, -0.15) is 4.31 Å². The molecule has 0 saturated carbocycles. The number of carbonyl (C=O) groups is 2. The fraction of sp³-hybridized carbons (Fsp3) is 0.647. The quantitative estimate of drug-likeness (QED) is 0.755. The number of hydrogen-bond donors (Lipinski definition) is 2. The van der Waals surface area contributed by atoms with E-state index in [4.69, 9.17) is 0 Å². The fourth-order valence-corrected chi connectivity index (χ4v) is 5.71. The normalized spacial score (nSPS) is 16.3. The van der Waals surface area contributed by atoms with Crippen LogP contribution in [0.2, 0.25) is 0 Å². The third kappa shape index (κ3) is 6.07. The van der Waals surface area contributed by atoms with Gasteiger partial charge >= 0.3 is 0 Å². The van der Waals surface area contributed by atoms with E-state index in [1.807, 2.05) is 20.8 Å². The molecule has 1 aliphatic heterocycles. The summed E-state index contributed by atoms with van der Waals surface area (Å²) in [4.78, 5) is 24.4. The molecule has 0 aliphatic carbocycles. The van der Waals surface area contributed by atoms with Gasteiger partial charge < -0.3 is 10.6 Å². The first kappa shape index (κ1) is 20.9. The third-order valence-corrected chi connectivity index (χ3v) is 7.29. The van der Waals surface area contributed by atoms with Crippen LogP contribution in [-0.2, 0) is 26.0 Å². The predicted octanol–water partition coefficient (Wildman–Crippen LogP) is 1.50. The Balaban J connectivity index is 1.89. The number of sulfonamides is 1. The Morgan fingerprint density at radius 2 is 1.77 bits per heavy atom. The highest BCUT2D eigenvalue weighted by Crippen LogP contribution is 2.27. The van der Waals surface area contributed by atoms with E-state index in [0.29, 0.717) is 18.0 Å². The molecule has 2 amide bonds. The molecule has 2 rings (SSSR count). The van der Waals surface area contributed by atoms with Crippen LogP contribution in [0.4, 0.5) is 0 Å². The smallest absolute Gasteiger partial charge is 0.252 e. The Morgan fingerprint density at radius 3 is 2.38 bits per heavy atom. The van der Waals surface area contributed by atoms with Gasteiger partial charge in [-0.15, -0.1) is 11.3 Å². The lowest BCUT2D eigenvalue weighted by Crippen LogP contribution is -2.46. The Morgan fingerprint density at radius 1 is 1.12 bits per heavy atom. The number of nitrogens with one attached hydrogen (secondary N) is 2. The van der Waals surface area contributed by atoms with Crippen molar-refractivity contribution in [1.82, 2.24) is 14.9 Å². The van der Waals surface area contributed by atoms with E-state index in [1.54, 1.807) is 12.1 Å². The molecule has 146 valence electrons. The molecule has 1 aromatic rings. The molecular formula is C17H27N3O4S2. The number of nitrogens with zero attached hydrogens (tertiary/aromatic N) is 1. The first-order valence-electron chi connectivity index (χ1n) is 8.74. The molecule has 1 aliphatic rings. The fourth-order valence-electron chi connectivity index (χ4n) is 2.69. The van der Waals surface area contributed by atoms with Crippen molar-refractivity contribution in [2.45, 2.75) is 56.2 Å². The molecule has 1 aromatic heterocycles. The summed E-state index contributed by atoms with van der Waals surface area (Å²) in [7, 11) is -3.47. The van der Waals surface area contributed by atoms with Crippen molar-refractivity contribution in [3.63, 3.8) is 0 Å². The van der Waals surface area contributed by atoms with E-state index in [2.05, 4.69) is 10.6 Å². The van der Waals surface area contributed by atoms with Crippen molar-refractivity contribution in [3.05, 3.63) is 17.0 Å². The van der Waals surface area contributed by atoms with Crippen molar-refractivity contribution < 1.29 is 18.0 Å². The molecule has 9 heteroatoms. The number of hydrogen-bond acceptors (Lipinski definition) is 5. The number of carbonyl (C=O) groups excluding carboxylic acids is 2. The van der Waals surface area contributed by atoms with Crippen LogP contribution < -0.4 is 10.6 Å². The van der Waals surface area contributed by atoms with Gasteiger partial charge in [0, 0.05) is 23.5 Å². The molecule has 0 unspecified atom stereocenters. The Hall–Kier alpha value is -1.45. The maximum Gasteiger partial charge on any atom is 0.252 e. The zero-order valence-corrected chi connectivity index (χ0v) is 17.1. The van der Waals surface area contributed by atoms with Crippen molar-refractivity contribution in [3.8, 4) is 0 Å². The van der Waals surface area contributed by atoms with Crippen molar-refractivity contribution in [1.29, 1.82) is 0 Å². The molecule has 0 bridgehead atoms. The molecule has 0 radical (unpaired) electrons. The topological polar surface area (TPSA) is 95.6 Å². The summed E-state index contributed by atoms with van der Waals surface area (Å²) in [5.74, 6) is -0.566. The number of thiophene rings is 1. The Labute approximate surface area is 159 Å². The van der Waals surface area contributed by atoms with Crippen molar-refractivity contribution >= 4 is 33.2 Å². The van der Waals surface area contributed by atoms with Gasteiger partial charge in [0.2, 0.25) is 11.8 Å². The minimum Gasteiger partial charge on any atom is -0.350 e. The molecule has 0 atom stereocenters. The summed E-state index contributed by atoms with van der Waals surface area (Å²) in [5.41, 5.74) is -0.354. The van der Waals surface area contributed by atoms with E-state index < -0.39 is 10.0 Å². The molecule has 1 saturated heterocycles. The van der Waals surface area contributed by atoms with E-state index in [0.717, 1.165) is 30.6 Å². The summed E-state index contributed by atoms with van der Waals surface area (Å²) in [6.07, 6.45) is 2.89. The van der Waals surface area contributed by atoms with Gasteiger partial charge in [0.25, 0.3) is 10.0 Å². The maximum atomic E-state index is 12.6. The van der Waals surface area contributed by atoms with E-state index in [1.165, 1.54) is 4.31 Å². The second kappa shape index (κ2) is 8.49. The molecule has 0 spiro atoms. The van der Waals surface area contributed by atoms with Crippen LogP contribution in [0, 0.1) is 0 Å². The van der Waals surface area contributed by atoms with Gasteiger partial charge in [0.05, 0.1) is 13.0 Å². The Kier molecular flexibility index (Phi) is 6.81.